The van der Waals surface area contributed by atoms with E-state index in [1.54, 1.807) is 0 Å². The largest absolute Gasteiger partial charge is 0.306 e. The Morgan fingerprint density at radius 1 is 1.28 bits per heavy atom. The molecule has 1 aromatic carbocycles. The molecule has 1 heterocycles. The fourth-order valence-corrected chi connectivity index (χ4v) is 2.78. The van der Waals surface area contributed by atoms with Gasteiger partial charge in [-0.25, -0.2) is 0 Å². The molecule has 1 aromatic rings. The molecule has 0 spiro atoms. The van der Waals surface area contributed by atoms with Crippen molar-refractivity contribution in [2.75, 3.05) is 13.1 Å². The average Bonchev–Trinajstić information content (AvgIpc) is 2.77. The highest BCUT2D eigenvalue weighted by atomic mass is 15.2. The Labute approximate surface area is 111 Å². The number of hydrogen-bond donors (Lipinski definition) is 1. The lowest BCUT2D eigenvalue weighted by Gasteiger charge is -2.23. The summed E-state index contributed by atoms with van der Waals surface area (Å²) in [6.45, 7) is 11.4. The maximum atomic E-state index is 3.77. The van der Waals surface area contributed by atoms with Crippen LogP contribution in [0, 0.1) is 6.92 Å². The molecule has 2 rings (SSSR count). The van der Waals surface area contributed by atoms with Crippen LogP contribution in [-0.2, 0) is 0 Å². The van der Waals surface area contributed by atoms with Crippen LogP contribution in [0.15, 0.2) is 24.3 Å². The molecule has 0 amide bonds. The molecule has 2 nitrogen and oxygen atoms in total. The fourth-order valence-electron chi connectivity index (χ4n) is 2.78. The Hall–Kier alpha value is -0.860. The molecule has 1 unspecified atom stereocenters. The van der Waals surface area contributed by atoms with E-state index in [0.717, 1.165) is 0 Å². The maximum Gasteiger partial charge on any atom is 0.0294 e. The van der Waals surface area contributed by atoms with E-state index in [1.165, 1.54) is 30.6 Å². The molecule has 2 atom stereocenters. The predicted molar refractivity (Wildman–Crippen MR) is 77.8 cm³/mol. The van der Waals surface area contributed by atoms with Crippen LogP contribution in [0.1, 0.15) is 44.4 Å². The second-order valence-corrected chi connectivity index (χ2v) is 5.88. The number of rotatable bonds is 4. The highest BCUT2D eigenvalue weighted by Crippen LogP contribution is 2.18. The van der Waals surface area contributed by atoms with Crippen LogP contribution in [0.2, 0.25) is 0 Å². The second kappa shape index (κ2) is 5.85. The van der Waals surface area contributed by atoms with Crippen molar-refractivity contribution in [1.82, 2.24) is 10.2 Å². The van der Waals surface area contributed by atoms with Gasteiger partial charge in [-0.2, -0.15) is 0 Å². The Morgan fingerprint density at radius 2 is 2.06 bits per heavy atom. The third-order valence-electron chi connectivity index (χ3n) is 3.98. The topological polar surface area (TPSA) is 15.3 Å². The van der Waals surface area contributed by atoms with Crippen molar-refractivity contribution in [2.45, 2.75) is 52.2 Å². The van der Waals surface area contributed by atoms with Crippen molar-refractivity contribution in [3.63, 3.8) is 0 Å². The lowest BCUT2D eigenvalue weighted by Crippen LogP contribution is -2.36. The van der Waals surface area contributed by atoms with Crippen LogP contribution < -0.4 is 5.32 Å². The molecule has 0 saturated carbocycles. The molecule has 0 aliphatic carbocycles. The SMILES string of the molecule is Cc1cccc([C@@H](C)NC2CCN(C(C)C)C2)c1. The van der Waals surface area contributed by atoms with Crippen molar-refractivity contribution < 1.29 is 0 Å². The van der Waals surface area contributed by atoms with E-state index >= 15 is 0 Å². The maximum absolute atomic E-state index is 3.77. The molecule has 0 bridgehead atoms. The Kier molecular flexibility index (Phi) is 4.41. The van der Waals surface area contributed by atoms with E-state index in [4.69, 9.17) is 0 Å². The normalized spacial score (nSPS) is 22.6. The third-order valence-corrected chi connectivity index (χ3v) is 3.98. The standard InChI is InChI=1S/C16H26N2/c1-12(2)18-9-8-16(11-18)17-14(4)15-7-5-6-13(3)10-15/h5-7,10,12,14,16-17H,8-9,11H2,1-4H3/t14-,16?/m1/s1. The number of benzene rings is 1. The van der Waals surface area contributed by atoms with E-state index in [1.807, 2.05) is 0 Å². The number of aryl methyl sites for hydroxylation is 1. The van der Waals surface area contributed by atoms with Gasteiger partial charge in [-0.15, -0.1) is 0 Å². The summed E-state index contributed by atoms with van der Waals surface area (Å²) in [4.78, 5) is 2.56. The van der Waals surface area contributed by atoms with Crippen LogP contribution in [0.4, 0.5) is 0 Å². The van der Waals surface area contributed by atoms with Crippen molar-refractivity contribution in [3.8, 4) is 0 Å². The molecule has 1 aliphatic rings. The average molecular weight is 246 g/mol. The van der Waals surface area contributed by atoms with Crippen molar-refractivity contribution >= 4 is 0 Å². The van der Waals surface area contributed by atoms with Crippen molar-refractivity contribution in [3.05, 3.63) is 35.4 Å². The Balaban J connectivity index is 1.90. The monoisotopic (exact) mass is 246 g/mol. The first kappa shape index (κ1) is 13.6. The minimum atomic E-state index is 0.446. The zero-order valence-electron chi connectivity index (χ0n) is 12.1. The molecule has 18 heavy (non-hydrogen) atoms. The minimum Gasteiger partial charge on any atom is -0.306 e. The smallest absolute Gasteiger partial charge is 0.0294 e. The van der Waals surface area contributed by atoms with Gasteiger partial charge < -0.3 is 5.32 Å². The highest BCUT2D eigenvalue weighted by Gasteiger charge is 2.25. The number of hydrogen-bond acceptors (Lipinski definition) is 2. The molecule has 1 N–H and O–H groups in total. The first-order chi connectivity index (χ1) is 8.56. The Morgan fingerprint density at radius 3 is 2.67 bits per heavy atom. The van der Waals surface area contributed by atoms with Gasteiger partial charge in [0.1, 0.15) is 0 Å². The van der Waals surface area contributed by atoms with Gasteiger partial charge in [0.15, 0.2) is 0 Å². The minimum absolute atomic E-state index is 0.446. The van der Waals surface area contributed by atoms with E-state index in [9.17, 15) is 0 Å². The van der Waals surface area contributed by atoms with Gasteiger partial charge in [-0.05, 0) is 46.2 Å². The molecule has 1 fully saturated rings. The van der Waals surface area contributed by atoms with Crippen molar-refractivity contribution in [1.29, 1.82) is 0 Å². The van der Waals surface area contributed by atoms with Crippen LogP contribution >= 0.6 is 0 Å². The first-order valence-electron chi connectivity index (χ1n) is 7.13. The summed E-state index contributed by atoms with van der Waals surface area (Å²) >= 11 is 0. The zero-order valence-corrected chi connectivity index (χ0v) is 12.1. The van der Waals surface area contributed by atoms with Gasteiger partial charge in [-0.1, -0.05) is 29.8 Å². The van der Waals surface area contributed by atoms with E-state index in [0.29, 0.717) is 18.1 Å². The summed E-state index contributed by atoms with van der Waals surface area (Å²) in [5.41, 5.74) is 2.74. The number of nitrogens with one attached hydrogen (secondary N) is 1. The zero-order chi connectivity index (χ0) is 13.1. The highest BCUT2D eigenvalue weighted by molar-refractivity contribution is 5.24. The summed E-state index contributed by atoms with van der Waals surface area (Å²) in [5.74, 6) is 0. The lowest BCUT2D eigenvalue weighted by atomic mass is 10.0. The summed E-state index contributed by atoms with van der Waals surface area (Å²) in [6.07, 6.45) is 1.27. The van der Waals surface area contributed by atoms with Gasteiger partial charge in [0.2, 0.25) is 0 Å². The summed E-state index contributed by atoms with van der Waals surface area (Å²) < 4.78 is 0. The molecule has 100 valence electrons. The van der Waals surface area contributed by atoms with E-state index in [-0.39, 0.29) is 0 Å². The summed E-state index contributed by atoms with van der Waals surface area (Å²) in [5, 5.41) is 3.77. The quantitative estimate of drug-likeness (QED) is 0.878. The van der Waals surface area contributed by atoms with Crippen LogP contribution in [0.25, 0.3) is 0 Å². The van der Waals surface area contributed by atoms with Crippen molar-refractivity contribution in [2.24, 2.45) is 0 Å². The molecule has 0 radical (unpaired) electrons. The number of likely N-dealkylation sites (tertiary alicyclic amines) is 1. The second-order valence-electron chi connectivity index (χ2n) is 5.88. The van der Waals surface area contributed by atoms with Crippen LogP contribution in [0.5, 0.6) is 0 Å². The summed E-state index contributed by atoms with van der Waals surface area (Å²) in [6, 6.07) is 10.6. The van der Waals surface area contributed by atoms with Gasteiger partial charge in [0.05, 0.1) is 0 Å². The molecular weight excluding hydrogens is 220 g/mol. The molecule has 0 aromatic heterocycles. The molecule has 1 aliphatic heterocycles. The van der Waals surface area contributed by atoms with Gasteiger partial charge in [0, 0.05) is 24.7 Å². The van der Waals surface area contributed by atoms with E-state index in [2.05, 4.69) is 62.2 Å². The lowest BCUT2D eigenvalue weighted by molar-refractivity contribution is 0.266. The van der Waals surface area contributed by atoms with Crippen LogP contribution in [-0.4, -0.2) is 30.1 Å². The van der Waals surface area contributed by atoms with Gasteiger partial charge >= 0.3 is 0 Å². The van der Waals surface area contributed by atoms with E-state index < -0.39 is 0 Å². The number of nitrogens with zero attached hydrogens (tertiary/aromatic N) is 1. The van der Waals surface area contributed by atoms with Crippen LogP contribution in [0.3, 0.4) is 0 Å². The van der Waals surface area contributed by atoms with Gasteiger partial charge in [0.25, 0.3) is 0 Å². The third kappa shape index (κ3) is 3.33. The predicted octanol–water partition coefficient (Wildman–Crippen LogP) is 3.13. The van der Waals surface area contributed by atoms with Gasteiger partial charge in [-0.3, -0.25) is 4.90 Å². The molecule has 2 heteroatoms. The summed E-state index contributed by atoms with van der Waals surface area (Å²) in [7, 11) is 0. The molecule has 1 saturated heterocycles. The molecular formula is C16H26N2. The Bertz CT molecular complexity index is 386. The fraction of sp³-hybridized carbons (Fsp3) is 0.625. The first-order valence-corrected chi connectivity index (χ1v) is 7.13.